The summed E-state index contributed by atoms with van der Waals surface area (Å²) < 4.78 is 22.5. The van der Waals surface area contributed by atoms with Crippen molar-refractivity contribution < 1.29 is 28.5 Å². The maximum absolute atomic E-state index is 11.6. The molecule has 0 amide bonds. The quantitative estimate of drug-likeness (QED) is 0.353. The topological polar surface area (TPSA) is 74.2 Å². The molecule has 0 atom stereocenters. The highest BCUT2D eigenvalue weighted by atomic mass is 28.4. The zero-order valence-electron chi connectivity index (χ0n) is 18.1. The normalized spacial score (nSPS) is 12.5. The third-order valence-electron chi connectivity index (χ3n) is 3.99. The van der Waals surface area contributed by atoms with Gasteiger partial charge in [0.05, 0.1) is 37.1 Å². The molecule has 0 aromatic heterocycles. The molecular weight excluding hydrogens is 392 g/mol. The van der Waals surface area contributed by atoms with E-state index in [2.05, 4.69) is 43.7 Å². The Morgan fingerprint density at radius 3 is 2.18 bits per heavy atom. The van der Waals surface area contributed by atoms with Crippen LogP contribution in [0.4, 0.5) is 0 Å². The van der Waals surface area contributed by atoms with Crippen molar-refractivity contribution in [3.63, 3.8) is 0 Å². The Hall–Kier alpha value is -1.94. The molecule has 0 spiro atoms. The second-order valence-corrected chi connectivity index (χ2v) is 12.8. The van der Waals surface area contributed by atoms with Crippen molar-refractivity contribution in [2.24, 2.45) is 5.92 Å². The molecule has 0 bridgehead atoms. The second-order valence-electron chi connectivity index (χ2n) is 7.83. The zero-order chi connectivity index (χ0) is 21.6. The van der Waals surface area contributed by atoms with Crippen molar-refractivity contribution in [1.29, 1.82) is 0 Å². The molecule has 28 heavy (non-hydrogen) atoms. The van der Waals surface area contributed by atoms with Gasteiger partial charge in [-0.2, -0.15) is 0 Å². The Bertz CT molecular complexity index is 735. The summed E-state index contributed by atoms with van der Waals surface area (Å²) in [6.07, 6.45) is 1.67. The van der Waals surface area contributed by atoms with Crippen molar-refractivity contribution >= 4 is 35.5 Å². The van der Waals surface area contributed by atoms with E-state index in [-0.39, 0.29) is 11.5 Å². The summed E-state index contributed by atoms with van der Waals surface area (Å²) in [6.45, 7) is 10.6. The lowest BCUT2D eigenvalue weighted by Crippen LogP contribution is -2.33. The summed E-state index contributed by atoms with van der Waals surface area (Å²) in [5.41, 5.74) is 1.40. The minimum Gasteiger partial charge on any atom is -0.544 e. The Kier molecular flexibility index (Phi) is 8.62. The van der Waals surface area contributed by atoms with E-state index in [0.717, 1.165) is 23.6 Å². The molecule has 0 aliphatic rings. The number of methoxy groups -OCH3 is 3. The van der Waals surface area contributed by atoms with Gasteiger partial charge in [0.2, 0.25) is 14.1 Å². The fourth-order valence-electron chi connectivity index (χ4n) is 2.78. The zero-order valence-corrected chi connectivity index (χ0v) is 20.1. The molecule has 0 heterocycles. The molecular formula is C20H31O6Si2. The van der Waals surface area contributed by atoms with Crippen LogP contribution < -0.4 is 14.3 Å². The van der Waals surface area contributed by atoms with Crippen LogP contribution in [0.1, 0.15) is 31.4 Å². The molecule has 0 unspecified atom stereocenters. The van der Waals surface area contributed by atoms with Crippen molar-refractivity contribution in [2.75, 3.05) is 21.3 Å². The van der Waals surface area contributed by atoms with Crippen molar-refractivity contribution in [2.45, 2.75) is 46.3 Å². The van der Waals surface area contributed by atoms with Crippen LogP contribution in [0.5, 0.6) is 11.5 Å². The summed E-state index contributed by atoms with van der Waals surface area (Å²) in [5, 5.41) is 10.3. The first-order valence-electron chi connectivity index (χ1n) is 9.17. The maximum atomic E-state index is 11.6. The number of carboxylic acids is 1. The van der Waals surface area contributed by atoms with Gasteiger partial charge in [-0.3, -0.25) is 0 Å². The fraction of sp³-hybridized carbons (Fsp3) is 0.550. The first-order valence-corrected chi connectivity index (χ1v) is 13.1. The number of aliphatic carboxylic acids is 1. The second kappa shape index (κ2) is 10.0. The van der Waals surface area contributed by atoms with Gasteiger partial charge >= 0.3 is 5.97 Å². The van der Waals surface area contributed by atoms with E-state index in [9.17, 15) is 9.90 Å². The Labute approximate surface area is 172 Å². The summed E-state index contributed by atoms with van der Waals surface area (Å²) in [6, 6.07) is 1.75. The first-order chi connectivity index (χ1) is 13.0. The Morgan fingerprint density at radius 1 is 1.18 bits per heavy atom. The van der Waals surface area contributed by atoms with Crippen LogP contribution >= 0.6 is 0 Å². The van der Waals surface area contributed by atoms with Gasteiger partial charge in [0.15, 0.2) is 5.76 Å². The maximum Gasteiger partial charge on any atom is 0.375 e. The first kappa shape index (κ1) is 24.1. The molecule has 0 fully saturated rings. The highest BCUT2D eigenvalue weighted by Gasteiger charge is 2.27. The Morgan fingerprint density at radius 2 is 1.79 bits per heavy atom. The monoisotopic (exact) mass is 423 g/mol. The van der Waals surface area contributed by atoms with Gasteiger partial charge in [0, 0.05) is 0 Å². The lowest BCUT2D eigenvalue weighted by atomic mass is 9.98. The molecule has 8 heteroatoms. The number of rotatable bonds is 10. The lowest BCUT2D eigenvalue weighted by Gasteiger charge is -2.26. The molecule has 1 N–H and O–H groups in total. The summed E-state index contributed by atoms with van der Waals surface area (Å²) in [7, 11) is 6.08. The molecule has 3 radical (unpaired) electrons. The van der Waals surface area contributed by atoms with Crippen LogP contribution in [0.2, 0.25) is 19.6 Å². The van der Waals surface area contributed by atoms with Crippen LogP contribution in [0.3, 0.4) is 0 Å². The van der Waals surface area contributed by atoms with Crippen LogP contribution in [0, 0.1) is 5.92 Å². The van der Waals surface area contributed by atoms with Crippen LogP contribution in [-0.2, 0) is 20.7 Å². The predicted octanol–water partition coefficient (Wildman–Crippen LogP) is 3.34. The molecule has 6 nitrogen and oxygen atoms in total. The van der Waals surface area contributed by atoms with E-state index in [1.54, 1.807) is 13.2 Å². The largest absolute Gasteiger partial charge is 0.544 e. The van der Waals surface area contributed by atoms with Crippen molar-refractivity contribution in [3.05, 3.63) is 23.0 Å². The van der Waals surface area contributed by atoms with Gasteiger partial charge in [-0.25, -0.2) is 4.79 Å². The van der Waals surface area contributed by atoms with Gasteiger partial charge in [-0.1, -0.05) is 13.8 Å². The fourth-order valence-corrected chi connectivity index (χ4v) is 4.06. The molecule has 0 saturated carbocycles. The predicted molar refractivity (Wildman–Crippen MR) is 114 cm³/mol. The summed E-state index contributed by atoms with van der Waals surface area (Å²) in [4.78, 5) is 11.6. The SMILES string of the molecule is COC(C(=O)O)=C(OC)c1cc(O[Si](C)(C)C)c([Si])c(CCC(C)C)c1OC. The molecule has 1 aromatic rings. The van der Waals surface area contributed by atoms with Crippen molar-refractivity contribution in [3.8, 4) is 11.5 Å². The van der Waals surface area contributed by atoms with Gasteiger partial charge < -0.3 is 23.7 Å². The average molecular weight is 424 g/mol. The van der Waals surface area contributed by atoms with E-state index in [0.29, 0.717) is 23.0 Å². The number of carboxylic acid groups (broad SMARTS) is 1. The molecule has 155 valence electrons. The smallest absolute Gasteiger partial charge is 0.375 e. The molecule has 1 aromatic carbocycles. The summed E-state index contributed by atoms with van der Waals surface area (Å²) >= 11 is 0. The summed E-state index contributed by atoms with van der Waals surface area (Å²) in [5.74, 6) is 0.245. The third-order valence-corrected chi connectivity index (χ3v) is 5.37. The third kappa shape index (κ3) is 6.03. The van der Waals surface area contributed by atoms with Crippen LogP contribution in [0.25, 0.3) is 5.76 Å². The molecule has 0 aliphatic heterocycles. The van der Waals surface area contributed by atoms with Crippen LogP contribution in [-0.4, -0.2) is 51.0 Å². The lowest BCUT2D eigenvalue weighted by molar-refractivity contribution is -0.136. The molecule has 1 rings (SSSR count). The molecule has 0 aliphatic carbocycles. The van der Waals surface area contributed by atoms with Crippen LogP contribution in [0.15, 0.2) is 11.8 Å². The average Bonchev–Trinajstić information content (AvgIpc) is 2.58. The van der Waals surface area contributed by atoms with Gasteiger partial charge in [-0.15, -0.1) is 0 Å². The van der Waals surface area contributed by atoms with Crippen molar-refractivity contribution in [1.82, 2.24) is 0 Å². The number of hydrogen-bond acceptors (Lipinski definition) is 5. The van der Waals surface area contributed by atoms with E-state index < -0.39 is 14.3 Å². The van der Waals surface area contributed by atoms with Gasteiger partial charge in [0.1, 0.15) is 11.5 Å². The van der Waals surface area contributed by atoms with Gasteiger partial charge in [0.25, 0.3) is 0 Å². The Balaban J connectivity index is 3.84. The number of carbonyl (C=O) groups is 1. The highest BCUT2D eigenvalue weighted by molar-refractivity contribution is 6.70. The minimum absolute atomic E-state index is 0.0877. The number of benzene rings is 1. The standard InChI is InChI=1S/C20H31O6Si2/c1-12(2)9-10-13-16(23-3)14(17(24-4)18(25-5)20(21)22)11-15(19(13)27)26-28(6,7)8/h11-12H,9-10H2,1-8H3,(H,21,22). The molecule has 0 saturated heterocycles. The van der Waals surface area contributed by atoms with Gasteiger partial charge in [-0.05, 0) is 55.2 Å². The van der Waals surface area contributed by atoms with E-state index in [1.807, 2.05) is 0 Å². The van der Waals surface area contributed by atoms with E-state index in [1.165, 1.54) is 14.2 Å². The number of ether oxygens (including phenoxy) is 3. The van der Waals surface area contributed by atoms with E-state index >= 15 is 0 Å². The number of hydrogen-bond donors (Lipinski definition) is 1. The van der Waals surface area contributed by atoms with E-state index in [4.69, 9.17) is 18.6 Å². The highest BCUT2D eigenvalue weighted by Crippen LogP contribution is 2.36. The minimum atomic E-state index is -1.93.